The van der Waals surface area contributed by atoms with Crippen LogP contribution in [0.2, 0.25) is 0 Å². The fraction of sp³-hybridized carbons (Fsp3) is 0.259. The Labute approximate surface area is 200 Å². The van der Waals surface area contributed by atoms with E-state index in [4.69, 9.17) is 0 Å². The number of carbonyl (C=O) groups excluding carboxylic acids is 2. The average Bonchev–Trinajstić information content (AvgIpc) is 2.87. The maximum atomic E-state index is 13.5. The first-order valence-electron chi connectivity index (χ1n) is 11.3. The van der Waals surface area contributed by atoms with Gasteiger partial charge in [-0.3, -0.25) is 9.59 Å². The van der Waals surface area contributed by atoms with Crippen molar-refractivity contribution in [2.24, 2.45) is 5.92 Å². The molecule has 1 heterocycles. The maximum absolute atomic E-state index is 13.5. The molecule has 2 atom stereocenters. The highest BCUT2D eigenvalue weighted by Crippen LogP contribution is 2.35. The molecule has 1 aliphatic rings. The highest BCUT2D eigenvalue weighted by molar-refractivity contribution is 5.95. The predicted octanol–water partition coefficient (Wildman–Crippen LogP) is 5.75. The van der Waals surface area contributed by atoms with E-state index in [1.54, 1.807) is 47.4 Å². The number of nitrogens with one attached hydrogen (secondary N) is 1. The third-order valence-corrected chi connectivity index (χ3v) is 6.21. The lowest BCUT2D eigenvalue weighted by molar-refractivity contribution is -0.137. The summed E-state index contributed by atoms with van der Waals surface area (Å²) in [5, 5.41) is 2.71. The average molecular weight is 484 g/mol. The van der Waals surface area contributed by atoms with Crippen LogP contribution in [0, 0.1) is 11.7 Å². The molecule has 3 aromatic rings. The van der Waals surface area contributed by atoms with Crippen LogP contribution in [0.4, 0.5) is 17.6 Å². The van der Waals surface area contributed by atoms with Crippen LogP contribution < -0.4 is 5.32 Å². The van der Waals surface area contributed by atoms with E-state index in [0.29, 0.717) is 24.0 Å². The molecule has 0 radical (unpaired) electrons. The molecule has 2 amide bonds. The smallest absolute Gasteiger partial charge is 0.352 e. The van der Waals surface area contributed by atoms with E-state index >= 15 is 0 Å². The summed E-state index contributed by atoms with van der Waals surface area (Å²) >= 11 is 0. The molecule has 35 heavy (non-hydrogen) atoms. The number of hydrogen-bond acceptors (Lipinski definition) is 2. The molecule has 0 saturated carbocycles. The van der Waals surface area contributed by atoms with E-state index < -0.39 is 17.7 Å². The number of alkyl halides is 3. The zero-order chi connectivity index (χ0) is 25.0. The van der Waals surface area contributed by atoms with Gasteiger partial charge in [-0.05, 0) is 60.4 Å². The monoisotopic (exact) mass is 484 g/mol. The van der Waals surface area contributed by atoms with E-state index in [-0.39, 0.29) is 36.8 Å². The number of carbonyl (C=O) groups is 2. The van der Waals surface area contributed by atoms with Gasteiger partial charge in [0.25, 0.3) is 5.91 Å². The van der Waals surface area contributed by atoms with Crippen molar-refractivity contribution in [3.05, 3.63) is 107 Å². The van der Waals surface area contributed by atoms with Crippen LogP contribution in [-0.4, -0.2) is 23.3 Å². The zero-order valence-corrected chi connectivity index (χ0v) is 18.8. The van der Waals surface area contributed by atoms with E-state index in [9.17, 15) is 27.2 Å². The quantitative estimate of drug-likeness (QED) is 0.469. The summed E-state index contributed by atoms with van der Waals surface area (Å²) in [6, 6.07) is 19.2. The molecule has 0 spiro atoms. The van der Waals surface area contributed by atoms with Crippen LogP contribution in [0.25, 0.3) is 0 Å². The summed E-state index contributed by atoms with van der Waals surface area (Å²) < 4.78 is 52.4. The van der Waals surface area contributed by atoms with Gasteiger partial charge in [-0.2, -0.15) is 13.2 Å². The first-order chi connectivity index (χ1) is 16.7. The standard InChI is InChI=1S/C27H24F4N2O2/c28-23-12-9-19(10-13-23)24-14-11-21(17-33(24)26(35)20-6-2-1-3-7-20)25(34)32-16-18-5-4-8-22(15-18)27(29,30)31/h1-10,12-13,15,21,24H,11,14,16-17H2,(H,32,34)/t21-,24+/m1/s1. The summed E-state index contributed by atoms with van der Waals surface area (Å²) in [7, 11) is 0. The van der Waals surface area contributed by atoms with Crippen molar-refractivity contribution < 1.29 is 27.2 Å². The van der Waals surface area contributed by atoms with Crippen molar-refractivity contribution in [3.8, 4) is 0 Å². The SMILES string of the molecule is O=C(NCc1cccc(C(F)(F)F)c1)[C@@H]1CC[C@@H](c2ccc(F)cc2)N(C(=O)c2ccccc2)C1. The largest absolute Gasteiger partial charge is 0.416 e. The van der Waals surface area contributed by atoms with Crippen molar-refractivity contribution >= 4 is 11.8 Å². The lowest BCUT2D eigenvalue weighted by Gasteiger charge is -2.39. The van der Waals surface area contributed by atoms with Gasteiger partial charge in [0.1, 0.15) is 5.82 Å². The normalized spacial score (nSPS) is 18.2. The summed E-state index contributed by atoms with van der Waals surface area (Å²) in [6.07, 6.45) is -3.49. The second-order valence-electron chi connectivity index (χ2n) is 8.58. The van der Waals surface area contributed by atoms with E-state index in [1.807, 2.05) is 0 Å². The molecule has 8 heteroatoms. The molecule has 182 valence electrons. The Balaban J connectivity index is 1.49. The first-order valence-corrected chi connectivity index (χ1v) is 11.3. The van der Waals surface area contributed by atoms with E-state index in [1.165, 1.54) is 24.3 Å². The lowest BCUT2D eigenvalue weighted by Crippen LogP contribution is -2.46. The number of benzene rings is 3. The number of likely N-dealkylation sites (tertiary alicyclic amines) is 1. The van der Waals surface area contributed by atoms with Crippen LogP contribution >= 0.6 is 0 Å². The van der Waals surface area contributed by atoms with Gasteiger partial charge in [-0.1, -0.05) is 42.5 Å². The number of hydrogen-bond donors (Lipinski definition) is 1. The zero-order valence-electron chi connectivity index (χ0n) is 18.8. The van der Waals surface area contributed by atoms with Crippen LogP contribution in [0.5, 0.6) is 0 Å². The van der Waals surface area contributed by atoms with Crippen LogP contribution in [0.3, 0.4) is 0 Å². The highest BCUT2D eigenvalue weighted by Gasteiger charge is 2.36. The van der Waals surface area contributed by atoms with Crippen LogP contribution in [-0.2, 0) is 17.5 Å². The Hall–Kier alpha value is -3.68. The van der Waals surface area contributed by atoms with Gasteiger partial charge >= 0.3 is 6.18 Å². The van der Waals surface area contributed by atoms with Crippen molar-refractivity contribution in [1.29, 1.82) is 0 Å². The molecule has 4 rings (SSSR count). The van der Waals surface area contributed by atoms with Gasteiger partial charge in [0.05, 0.1) is 17.5 Å². The van der Waals surface area contributed by atoms with E-state index in [0.717, 1.165) is 17.7 Å². The minimum atomic E-state index is -4.46. The molecular formula is C27H24F4N2O2. The Morgan fingerprint density at radius 1 is 0.914 bits per heavy atom. The Morgan fingerprint density at radius 2 is 1.63 bits per heavy atom. The fourth-order valence-corrected chi connectivity index (χ4v) is 4.38. The molecule has 3 aromatic carbocycles. The number of rotatable bonds is 5. The maximum Gasteiger partial charge on any atom is 0.416 e. The molecule has 0 aliphatic carbocycles. The van der Waals surface area contributed by atoms with Gasteiger partial charge in [-0.15, -0.1) is 0 Å². The molecule has 0 bridgehead atoms. The van der Waals surface area contributed by atoms with Gasteiger partial charge in [0, 0.05) is 18.7 Å². The molecule has 0 unspecified atom stereocenters. The van der Waals surface area contributed by atoms with Crippen LogP contribution in [0.1, 0.15) is 45.9 Å². The minimum Gasteiger partial charge on any atom is -0.352 e. The highest BCUT2D eigenvalue weighted by atomic mass is 19.4. The summed E-state index contributed by atoms with van der Waals surface area (Å²) in [5.74, 6) is -1.47. The molecule has 1 N–H and O–H groups in total. The predicted molar refractivity (Wildman–Crippen MR) is 123 cm³/mol. The summed E-state index contributed by atoms with van der Waals surface area (Å²) in [6.45, 7) is 0.0947. The lowest BCUT2D eigenvalue weighted by atomic mass is 9.87. The first kappa shape index (κ1) is 24.4. The Kier molecular flexibility index (Phi) is 7.19. The second kappa shape index (κ2) is 10.3. The second-order valence-corrected chi connectivity index (χ2v) is 8.58. The third kappa shape index (κ3) is 5.88. The fourth-order valence-electron chi connectivity index (χ4n) is 4.38. The van der Waals surface area contributed by atoms with Gasteiger partial charge in [0.15, 0.2) is 0 Å². The number of piperidine rings is 1. The molecule has 4 nitrogen and oxygen atoms in total. The van der Waals surface area contributed by atoms with Crippen LogP contribution in [0.15, 0.2) is 78.9 Å². The number of amides is 2. The van der Waals surface area contributed by atoms with Gasteiger partial charge in [-0.25, -0.2) is 4.39 Å². The Bertz CT molecular complexity index is 1180. The molecular weight excluding hydrogens is 460 g/mol. The topological polar surface area (TPSA) is 49.4 Å². The molecule has 1 saturated heterocycles. The van der Waals surface area contributed by atoms with Crippen molar-refractivity contribution in [1.82, 2.24) is 10.2 Å². The van der Waals surface area contributed by atoms with Crippen molar-refractivity contribution in [2.75, 3.05) is 6.54 Å². The Morgan fingerprint density at radius 3 is 2.31 bits per heavy atom. The summed E-state index contributed by atoms with van der Waals surface area (Å²) in [5.41, 5.74) is 0.817. The molecule has 1 fully saturated rings. The molecule has 1 aliphatic heterocycles. The van der Waals surface area contributed by atoms with Crippen molar-refractivity contribution in [2.45, 2.75) is 31.6 Å². The third-order valence-electron chi connectivity index (χ3n) is 6.21. The van der Waals surface area contributed by atoms with Crippen molar-refractivity contribution in [3.63, 3.8) is 0 Å². The van der Waals surface area contributed by atoms with Gasteiger partial charge < -0.3 is 10.2 Å². The minimum absolute atomic E-state index is 0.0483. The van der Waals surface area contributed by atoms with Gasteiger partial charge in [0.2, 0.25) is 5.91 Å². The number of halogens is 4. The van der Waals surface area contributed by atoms with E-state index in [2.05, 4.69) is 5.32 Å². The summed E-state index contributed by atoms with van der Waals surface area (Å²) in [4.78, 5) is 27.9. The molecule has 0 aromatic heterocycles. The number of nitrogens with zero attached hydrogens (tertiary/aromatic N) is 1.